The summed E-state index contributed by atoms with van der Waals surface area (Å²) in [7, 11) is 1.54. The Labute approximate surface area is 146 Å². The Morgan fingerprint density at radius 1 is 1.24 bits per heavy atom. The maximum Gasteiger partial charge on any atom is 0.274 e. The fourth-order valence-corrected chi connectivity index (χ4v) is 3.29. The van der Waals surface area contributed by atoms with Crippen molar-refractivity contribution in [3.8, 4) is 0 Å². The van der Waals surface area contributed by atoms with Gasteiger partial charge in [0.1, 0.15) is 11.5 Å². The van der Waals surface area contributed by atoms with E-state index >= 15 is 0 Å². The zero-order valence-electron chi connectivity index (χ0n) is 14.3. The molecule has 0 aliphatic carbocycles. The highest BCUT2D eigenvalue weighted by Gasteiger charge is 2.25. The van der Waals surface area contributed by atoms with Gasteiger partial charge in [0.05, 0.1) is 0 Å². The van der Waals surface area contributed by atoms with Crippen molar-refractivity contribution in [2.45, 2.75) is 25.7 Å². The highest BCUT2D eigenvalue weighted by Crippen LogP contribution is 2.22. The van der Waals surface area contributed by atoms with Crippen LogP contribution >= 0.6 is 0 Å². The Balaban J connectivity index is 1.60. The Hall–Kier alpha value is -2.50. The standard InChI is InChI=1S/C19H22FN3O2/c1-22-18(24)11-10-17(21-22)19(25)23-12-2-3-15(13-23)5-4-14-6-8-16(20)9-7-14/h6-11,15H,2-5,12-13H2,1H3/t15-/m0/s1. The molecule has 25 heavy (non-hydrogen) atoms. The first-order valence-electron chi connectivity index (χ1n) is 8.61. The number of likely N-dealkylation sites (tertiary alicyclic amines) is 1. The van der Waals surface area contributed by atoms with Crippen LogP contribution in [0.4, 0.5) is 4.39 Å². The highest BCUT2D eigenvalue weighted by molar-refractivity contribution is 5.92. The minimum absolute atomic E-state index is 0.123. The molecular weight excluding hydrogens is 321 g/mol. The number of aryl methyl sites for hydroxylation is 2. The fourth-order valence-electron chi connectivity index (χ4n) is 3.29. The second kappa shape index (κ2) is 7.59. The molecule has 0 saturated carbocycles. The van der Waals surface area contributed by atoms with Gasteiger partial charge in [0.15, 0.2) is 0 Å². The largest absolute Gasteiger partial charge is 0.337 e. The van der Waals surface area contributed by atoms with Gasteiger partial charge in [0.25, 0.3) is 11.5 Å². The second-order valence-electron chi connectivity index (χ2n) is 6.60. The molecule has 0 spiro atoms. The van der Waals surface area contributed by atoms with E-state index in [1.165, 1.54) is 28.9 Å². The number of hydrogen-bond donors (Lipinski definition) is 0. The Morgan fingerprint density at radius 3 is 2.72 bits per heavy atom. The molecule has 0 radical (unpaired) electrons. The van der Waals surface area contributed by atoms with Gasteiger partial charge in [-0.05, 0) is 55.4 Å². The summed E-state index contributed by atoms with van der Waals surface area (Å²) in [5.74, 6) is 0.0836. The van der Waals surface area contributed by atoms with Crippen LogP contribution < -0.4 is 5.56 Å². The third-order valence-electron chi connectivity index (χ3n) is 4.74. The molecule has 2 heterocycles. The number of nitrogens with zero attached hydrogens (tertiary/aromatic N) is 3. The molecular formula is C19H22FN3O2. The third kappa shape index (κ3) is 4.32. The van der Waals surface area contributed by atoms with E-state index in [4.69, 9.17) is 0 Å². The summed E-state index contributed by atoms with van der Waals surface area (Å²) < 4.78 is 14.1. The lowest BCUT2D eigenvalue weighted by Gasteiger charge is -2.32. The molecule has 0 bridgehead atoms. The van der Waals surface area contributed by atoms with Crippen molar-refractivity contribution < 1.29 is 9.18 Å². The average Bonchev–Trinajstić information content (AvgIpc) is 2.63. The molecule has 0 N–H and O–H groups in total. The van der Waals surface area contributed by atoms with Crippen LogP contribution in [0.2, 0.25) is 0 Å². The Morgan fingerprint density at radius 2 is 2.00 bits per heavy atom. The van der Waals surface area contributed by atoms with E-state index in [9.17, 15) is 14.0 Å². The number of halogens is 1. The van der Waals surface area contributed by atoms with Gasteiger partial charge in [-0.15, -0.1) is 0 Å². The van der Waals surface area contributed by atoms with E-state index in [0.717, 1.165) is 37.8 Å². The maximum atomic E-state index is 13.0. The fraction of sp³-hybridized carbons (Fsp3) is 0.421. The molecule has 5 nitrogen and oxygen atoms in total. The maximum absolute atomic E-state index is 13.0. The summed E-state index contributed by atoms with van der Waals surface area (Å²) in [5, 5.41) is 4.05. The molecule has 6 heteroatoms. The SMILES string of the molecule is Cn1nc(C(=O)N2CCC[C@@H](CCc3ccc(F)cc3)C2)ccc1=O. The lowest BCUT2D eigenvalue weighted by Crippen LogP contribution is -2.41. The summed E-state index contributed by atoms with van der Waals surface area (Å²) >= 11 is 0. The predicted octanol–water partition coefficient (Wildman–Crippen LogP) is 2.40. The normalized spacial score (nSPS) is 17.5. The van der Waals surface area contributed by atoms with E-state index < -0.39 is 0 Å². The number of carbonyl (C=O) groups is 1. The number of benzene rings is 1. The van der Waals surface area contributed by atoms with Gasteiger partial charge in [0, 0.05) is 26.2 Å². The quantitative estimate of drug-likeness (QED) is 0.857. The molecule has 1 atom stereocenters. The number of carbonyl (C=O) groups excluding carboxylic acids is 1. The smallest absolute Gasteiger partial charge is 0.274 e. The molecule has 1 aromatic carbocycles. The molecule has 1 aliphatic heterocycles. The number of rotatable bonds is 4. The van der Waals surface area contributed by atoms with Gasteiger partial charge in [-0.1, -0.05) is 12.1 Å². The van der Waals surface area contributed by atoms with Crippen molar-refractivity contribution in [1.29, 1.82) is 0 Å². The van der Waals surface area contributed by atoms with E-state index in [2.05, 4.69) is 5.10 Å². The van der Waals surface area contributed by atoms with Crippen molar-refractivity contribution in [1.82, 2.24) is 14.7 Å². The topological polar surface area (TPSA) is 55.2 Å². The summed E-state index contributed by atoms with van der Waals surface area (Å²) in [6, 6.07) is 9.46. The van der Waals surface area contributed by atoms with Gasteiger partial charge < -0.3 is 4.90 Å². The summed E-state index contributed by atoms with van der Waals surface area (Å²) in [6.07, 6.45) is 3.90. The molecule has 1 amide bonds. The highest BCUT2D eigenvalue weighted by atomic mass is 19.1. The average molecular weight is 343 g/mol. The van der Waals surface area contributed by atoms with Crippen LogP contribution in [0, 0.1) is 11.7 Å². The molecule has 132 valence electrons. The van der Waals surface area contributed by atoms with Crippen LogP contribution in [-0.4, -0.2) is 33.7 Å². The summed E-state index contributed by atoms with van der Waals surface area (Å²) in [4.78, 5) is 25.9. The predicted molar refractivity (Wildman–Crippen MR) is 92.8 cm³/mol. The minimum Gasteiger partial charge on any atom is -0.337 e. The van der Waals surface area contributed by atoms with E-state index in [1.807, 2.05) is 17.0 Å². The molecule has 3 rings (SSSR count). The van der Waals surface area contributed by atoms with Gasteiger partial charge >= 0.3 is 0 Å². The Kier molecular flexibility index (Phi) is 5.26. The molecule has 2 aromatic rings. The van der Waals surface area contributed by atoms with Gasteiger partial charge in [0.2, 0.25) is 0 Å². The van der Waals surface area contributed by atoms with Crippen molar-refractivity contribution in [3.63, 3.8) is 0 Å². The number of amides is 1. The number of hydrogen-bond acceptors (Lipinski definition) is 3. The number of piperidine rings is 1. The monoisotopic (exact) mass is 343 g/mol. The van der Waals surface area contributed by atoms with E-state index in [0.29, 0.717) is 18.2 Å². The first-order chi connectivity index (χ1) is 12.0. The van der Waals surface area contributed by atoms with E-state index in [1.54, 1.807) is 7.05 Å². The van der Waals surface area contributed by atoms with Gasteiger partial charge in [-0.2, -0.15) is 5.10 Å². The van der Waals surface area contributed by atoms with Crippen molar-refractivity contribution >= 4 is 5.91 Å². The number of aromatic nitrogens is 2. The van der Waals surface area contributed by atoms with Crippen LogP contribution in [0.3, 0.4) is 0 Å². The van der Waals surface area contributed by atoms with Crippen LogP contribution in [0.5, 0.6) is 0 Å². The third-order valence-corrected chi connectivity index (χ3v) is 4.74. The van der Waals surface area contributed by atoms with Crippen molar-refractivity contribution in [3.05, 3.63) is 63.8 Å². The van der Waals surface area contributed by atoms with Crippen LogP contribution in [0.15, 0.2) is 41.2 Å². The molecule has 0 unspecified atom stereocenters. The van der Waals surface area contributed by atoms with E-state index in [-0.39, 0.29) is 17.3 Å². The van der Waals surface area contributed by atoms with Crippen LogP contribution in [0.25, 0.3) is 0 Å². The first-order valence-corrected chi connectivity index (χ1v) is 8.61. The Bertz CT molecular complexity index is 801. The molecule has 1 aromatic heterocycles. The zero-order valence-corrected chi connectivity index (χ0v) is 14.3. The van der Waals surface area contributed by atoms with Crippen molar-refractivity contribution in [2.75, 3.05) is 13.1 Å². The molecule has 1 fully saturated rings. The lowest BCUT2D eigenvalue weighted by atomic mass is 9.91. The zero-order chi connectivity index (χ0) is 17.8. The second-order valence-corrected chi connectivity index (χ2v) is 6.60. The van der Waals surface area contributed by atoms with Crippen molar-refractivity contribution in [2.24, 2.45) is 13.0 Å². The van der Waals surface area contributed by atoms with Gasteiger partial charge in [-0.3, -0.25) is 9.59 Å². The first kappa shape index (κ1) is 17.3. The molecule has 1 aliphatic rings. The van der Waals surface area contributed by atoms with Gasteiger partial charge in [-0.25, -0.2) is 9.07 Å². The minimum atomic E-state index is -0.229. The van der Waals surface area contributed by atoms with Crippen LogP contribution in [0.1, 0.15) is 35.3 Å². The van der Waals surface area contributed by atoms with Crippen LogP contribution in [-0.2, 0) is 13.5 Å². The molecule has 1 saturated heterocycles. The summed E-state index contributed by atoms with van der Waals surface area (Å²) in [6.45, 7) is 1.42. The lowest BCUT2D eigenvalue weighted by molar-refractivity contribution is 0.0659. The summed E-state index contributed by atoms with van der Waals surface area (Å²) in [5.41, 5.74) is 1.19.